The number of methoxy groups -OCH3 is 2. The third-order valence-electron chi connectivity index (χ3n) is 13.3. The number of nitrogens with one attached hydrogen (secondary N) is 1. The van der Waals surface area contributed by atoms with Gasteiger partial charge in [0.2, 0.25) is 5.91 Å². The summed E-state index contributed by atoms with van der Waals surface area (Å²) in [5.41, 5.74) is 1.33. The van der Waals surface area contributed by atoms with E-state index >= 15 is 4.39 Å². The monoisotopic (exact) mass is 765 g/mol. The van der Waals surface area contributed by atoms with Gasteiger partial charge in [-0.1, -0.05) is 25.1 Å². The maximum Gasteiger partial charge on any atom is 0.407 e. The minimum absolute atomic E-state index is 0.0342. The van der Waals surface area contributed by atoms with Crippen molar-refractivity contribution in [2.75, 3.05) is 83.8 Å². The molecular weight excluding hydrogens is 710 g/mol. The maximum atomic E-state index is 15.0. The molecule has 13 heteroatoms. The molecule has 4 aliphatic heterocycles. The number of nitrogens with zero attached hydrogens (tertiary/aromatic N) is 4. The largest absolute Gasteiger partial charge is 0.453 e. The Balaban J connectivity index is 1.01. The maximum absolute atomic E-state index is 15.0. The van der Waals surface area contributed by atoms with Gasteiger partial charge in [0.25, 0.3) is 0 Å². The Bertz CT molecular complexity index is 1780. The molecule has 294 valence electrons. The molecule has 0 radical (unpaired) electrons. The van der Waals surface area contributed by atoms with Gasteiger partial charge in [-0.15, -0.1) is 0 Å². The van der Waals surface area contributed by atoms with Crippen LogP contribution in [0.2, 0.25) is 0 Å². The van der Waals surface area contributed by atoms with E-state index in [4.69, 9.17) is 9.47 Å². The van der Waals surface area contributed by atoms with Crippen LogP contribution >= 0.6 is 0 Å². The lowest BCUT2D eigenvalue weighted by Gasteiger charge is -2.55. The zero-order valence-electron chi connectivity index (χ0n) is 31.8. The summed E-state index contributed by atoms with van der Waals surface area (Å²) in [4.78, 5) is 33.6. The molecule has 11 nitrogen and oxygen atoms in total. The summed E-state index contributed by atoms with van der Waals surface area (Å²) in [6, 6.07) is 13.9. The number of ether oxygens (including phenoxy) is 2. The zero-order chi connectivity index (χ0) is 38.1. The number of sulfone groups is 1. The van der Waals surface area contributed by atoms with E-state index in [0.717, 1.165) is 82.6 Å². The van der Waals surface area contributed by atoms with E-state index in [1.54, 1.807) is 30.2 Å². The van der Waals surface area contributed by atoms with Gasteiger partial charge in [-0.2, -0.15) is 0 Å². The lowest BCUT2D eigenvalue weighted by atomic mass is 9.57. The molecule has 0 bridgehead atoms. The number of benzene rings is 2. The van der Waals surface area contributed by atoms with Gasteiger partial charge in [-0.3, -0.25) is 4.79 Å². The van der Waals surface area contributed by atoms with Gasteiger partial charge in [0.05, 0.1) is 30.8 Å². The second-order valence-corrected chi connectivity index (χ2v) is 18.2. The van der Waals surface area contributed by atoms with Crippen LogP contribution < -0.4 is 10.2 Å². The fourth-order valence-electron chi connectivity index (χ4n) is 10.1. The molecule has 4 saturated heterocycles. The molecular formula is C41H56FN5O6S. The fraction of sp³-hybridized carbons (Fsp3) is 0.610. The summed E-state index contributed by atoms with van der Waals surface area (Å²) in [5.74, 6) is -0.0686. The quantitative estimate of drug-likeness (QED) is 0.279. The van der Waals surface area contributed by atoms with Gasteiger partial charge in [0.15, 0.2) is 9.84 Å². The van der Waals surface area contributed by atoms with Gasteiger partial charge < -0.3 is 34.4 Å². The van der Waals surface area contributed by atoms with Crippen molar-refractivity contribution in [2.24, 2.45) is 11.8 Å². The molecule has 54 heavy (non-hydrogen) atoms. The van der Waals surface area contributed by atoms with E-state index in [2.05, 4.69) is 32.7 Å². The molecule has 2 amide bonds. The van der Waals surface area contributed by atoms with Crippen molar-refractivity contribution in [3.05, 3.63) is 72.6 Å². The van der Waals surface area contributed by atoms with Crippen molar-refractivity contribution in [3.63, 3.8) is 0 Å². The van der Waals surface area contributed by atoms with Crippen LogP contribution in [0.1, 0.15) is 50.5 Å². The third-order valence-corrected chi connectivity index (χ3v) is 15.1. The van der Waals surface area contributed by atoms with E-state index < -0.39 is 15.9 Å². The average Bonchev–Trinajstić information content (AvgIpc) is 3.60. The minimum Gasteiger partial charge on any atom is -0.453 e. The number of amides is 2. The summed E-state index contributed by atoms with van der Waals surface area (Å²) in [7, 11) is -0.367. The normalized spacial score (nSPS) is 25.9. The molecule has 5 fully saturated rings. The molecule has 0 unspecified atom stereocenters. The van der Waals surface area contributed by atoms with Crippen LogP contribution in [0.3, 0.4) is 0 Å². The second kappa shape index (κ2) is 15.9. The van der Waals surface area contributed by atoms with Crippen LogP contribution in [0.25, 0.3) is 0 Å². The number of anilines is 1. The summed E-state index contributed by atoms with van der Waals surface area (Å²) >= 11 is 0. The molecule has 4 atom stereocenters. The second-order valence-electron chi connectivity index (χ2n) is 16.2. The summed E-state index contributed by atoms with van der Waals surface area (Å²) in [6.07, 6.45) is 7.47. The summed E-state index contributed by atoms with van der Waals surface area (Å²) < 4.78 is 52.6. The highest BCUT2D eigenvalue weighted by atomic mass is 32.2. The Morgan fingerprint density at radius 3 is 2.30 bits per heavy atom. The number of carbonyl (C=O) groups is 2. The highest BCUT2D eigenvalue weighted by Crippen LogP contribution is 2.51. The molecule has 5 aliphatic rings. The van der Waals surface area contributed by atoms with Crippen LogP contribution in [0.15, 0.2) is 66.1 Å². The first kappa shape index (κ1) is 38.7. The van der Waals surface area contributed by atoms with E-state index in [-0.39, 0.29) is 51.4 Å². The number of hydrogen-bond donors (Lipinski definition) is 1. The first-order valence-electron chi connectivity index (χ1n) is 19.6. The van der Waals surface area contributed by atoms with Crippen LogP contribution in [-0.4, -0.2) is 132 Å². The van der Waals surface area contributed by atoms with Crippen molar-refractivity contribution < 1.29 is 31.9 Å². The lowest BCUT2D eigenvalue weighted by Crippen LogP contribution is -2.68. The molecule has 1 N–H and O–H groups in total. The van der Waals surface area contributed by atoms with Crippen molar-refractivity contribution in [1.29, 1.82) is 0 Å². The van der Waals surface area contributed by atoms with Crippen LogP contribution in [0.4, 0.5) is 14.9 Å². The fourth-order valence-corrected chi connectivity index (χ4v) is 11.7. The number of halogens is 1. The number of piperidine rings is 1. The number of likely N-dealkylation sites (tertiary alicyclic amines) is 3. The van der Waals surface area contributed by atoms with E-state index in [0.29, 0.717) is 32.0 Å². The van der Waals surface area contributed by atoms with E-state index in [1.807, 2.05) is 18.2 Å². The molecule has 2 aromatic rings. The number of alkyl carbamates (subject to hydrolysis) is 1. The SMILES string of the molecule is C=CC(=O)N1CC[C@H]1CS(=O)(=O)c1ccc(N2CC(CN3CCC([C@@](CN4CCC4)(c4cccc(F)c4)[C@H]4CCC[C@@H]4NC(=O)OC)CC3)(OC)C2)cc1. The van der Waals surface area contributed by atoms with E-state index in [9.17, 15) is 18.0 Å². The molecule has 1 aliphatic carbocycles. The van der Waals surface area contributed by atoms with Crippen LogP contribution in [0.5, 0.6) is 0 Å². The highest BCUT2D eigenvalue weighted by Gasteiger charge is 2.54. The smallest absolute Gasteiger partial charge is 0.407 e. The van der Waals surface area contributed by atoms with E-state index in [1.165, 1.54) is 25.7 Å². The predicted octanol–water partition coefficient (Wildman–Crippen LogP) is 4.47. The molecule has 7 rings (SSSR count). The Morgan fingerprint density at radius 2 is 1.70 bits per heavy atom. The van der Waals surface area contributed by atoms with Gasteiger partial charge in [-0.05, 0) is 125 Å². The molecule has 0 spiro atoms. The minimum atomic E-state index is -3.55. The van der Waals surface area contributed by atoms with Gasteiger partial charge in [0.1, 0.15) is 11.4 Å². The molecule has 0 aromatic heterocycles. The van der Waals surface area contributed by atoms with Crippen molar-refractivity contribution >= 4 is 27.5 Å². The van der Waals surface area contributed by atoms with Crippen molar-refractivity contribution in [2.45, 2.75) is 72.9 Å². The highest BCUT2D eigenvalue weighted by molar-refractivity contribution is 7.91. The Morgan fingerprint density at radius 1 is 0.963 bits per heavy atom. The molecule has 2 aromatic carbocycles. The lowest BCUT2D eigenvalue weighted by molar-refractivity contribution is -0.132. The van der Waals surface area contributed by atoms with Crippen molar-refractivity contribution in [1.82, 2.24) is 20.0 Å². The zero-order valence-corrected chi connectivity index (χ0v) is 32.6. The topological polar surface area (TPSA) is 112 Å². The average molecular weight is 766 g/mol. The van der Waals surface area contributed by atoms with Crippen LogP contribution in [-0.2, 0) is 29.5 Å². The Hall–Kier alpha value is -3.52. The first-order valence-corrected chi connectivity index (χ1v) is 21.3. The predicted molar refractivity (Wildman–Crippen MR) is 206 cm³/mol. The molecule has 4 heterocycles. The Labute approximate surface area is 319 Å². The standard InChI is InChI=1S/C41H56FN5O6S/c1-4-38(48)47-23-18-34(47)25-54(50,51)35-14-12-33(13-15-35)46-27-40(28-46,53-3)26-45-21-16-30(17-22-45)41(29-44-19-7-20-44,31-8-5-9-32(42)24-31)36-10-6-11-37(36)43-39(49)52-2/h4-5,8-9,12-15,24,30,34,36-37H,1,6-7,10-11,16-23,25-29H2,2-3H3,(H,43,49)/t34-,36-,37-,41-/m0/s1. The number of rotatable bonds is 14. The molecule has 1 saturated carbocycles. The first-order chi connectivity index (χ1) is 26.0. The summed E-state index contributed by atoms with van der Waals surface area (Å²) in [5, 5.41) is 3.18. The van der Waals surface area contributed by atoms with Gasteiger partial charge in [0, 0.05) is 49.9 Å². The number of carbonyl (C=O) groups excluding carboxylic acids is 2. The van der Waals surface area contributed by atoms with Crippen molar-refractivity contribution in [3.8, 4) is 0 Å². The van der Waals surface area contributed by atoms with Gasteiger partial charge >= 0.3 is 6.09 Å². The van der Waals surface area contributed by atoms with Crippen LogP contribution in [0, 0.1) is 17.7 Å². The third kappa shape index (κ3) is 7.66. The van der Waals surface area contributed by atoms with Gasteiger partial charge in [-0.25, -0.2) is 17.6 Å². The summed E-state index contributed by atoms with van der Waals surface area (Å²) in [6.45, 7) is 11.0. The Kier molecular flexibility index (Phi) is 11.4. The number of hydrogen-bond acceptors (Lipinski definition) is 9.